The van der Waals surface area contributed by atoms with Gasteiger partial charge in [-0.15, -0.1) is 0 Å². The summed E-state index contributed by atoms with van der Waals surface area (Å²) in [6.45, 7) is 5.63. The van der Waals surface area contributed by atoms with E-state index in [-0.39, 0.29) is 0 Å². The fourth-order valence-corrected chi connectivity index (χ4v) is 0.819. The summed E-state index contributed by atoms with van der Waals surface area (Å²) in [4.78, 5) is 3.30. The van der Waals surface area contributed by atoms with Gasteiger partial charge in [0.25, 0.3) is 0 Å². The zero-order valence-corrected chi connectivity index (χ0v) is 9.21. The lowest BCUT2D eigenvalue weighted by molar-refractivity contribution is -0.359. The van der Waals surface area contributed by atoms with E-state index >= 15 is 0 Å². The molecule has 0 aliphatic rings. The third-order valence-electron chi connectivity index (χ3n) is 1.66. The summed E-state index contributed by atoms with van der Waals surface area (Å²) in [6, 6.07) is 2.23. The molecule has 0 aliphatic heterocycles. The van der Waals surface area contributed by atoms with E-state index in [1.54, 1.807) is 6.92 Å². The molecule has 0 fully saturated rings. The molecule has 1 aromatic heterocycles. The first-order valence-electron chi connectivity index (χ1n) is 4.70. The summed E-state index contributed by atoms with van der Waals surface area (Å²) in [6.07, 6.45) is -4.03. The van der Waals surface area contributed by atoms with E-state index < -0.39 is 17.7 Å². The minimum atomic E-state index is -5.16. The van der Waals surface area contributed by atoms with Crippen LogP contribution in [0.25, 0.3) is 0 Å². The summed E-state index contributed by atoms with van der Waals surface area (Å²) in [5.74, 6) is -3.89. The second-order valence-electron chi connectivity index (χ2n) is 2.89. The van der Waals surface area contributed by atoms with Crippen LogP contribution in [0.15, 0.2) is 18.3 Å². The molecule has 6 heteroatoms. The van der Waals surface area contributed by atoms with Gasteiger partial charge in [0.15, 0.2) is 0 Å². The Kier molecular flexibility index (Phi) is 4.89. The van der Waals surface area contributed by atoms with Crippen LogP contribution in [0.3, 0.4) is 0 Å². The number of alkyl halides is 3. The van der Waals surface area contributed by atoms with Gasteiger partial charge < -0.3 is 10.2 Å². The first-order chi connectivity index (χ1) is 7.25. The van der Waals surface area contributed by atoms with Crippen molar-refractivity contribution < 1.29 is 23.4 Å². The highest BCUT2D eigenvalue weighted by Crippen LogP contribution is 2.35. The monoisotopic (exact) mass is 237 g/mol. The molecule has 1 aromatic rings. The second-order valence-corrected chi connectivity index (χ2v) is 2.89. The quantitative estimate of drug-likeness (QED) is 0.735. The maximum absolute atomic E-state index is 12.1. The van der Waals surface area contributed by atoms with Crippen molar-refractivity contribution in [3.05, 3.63) is 29.6 Å². The number of aromatic nitrogens is 1. The standard InChI is InChI=1S/C8H8F3NO2.C2H6/c1-5-2-3-6(12-4-5)7(13,14)8(9,10)11;1-2/h2-4,13-14H,1H3;1-2H3. The molecule has 0 aromatic carbocycles. The Hall–Kier alpha value is -1.14. The highest BCUT2D eigenvalue weighted by atomic mass is 19.4. The number of hydrogen-bond donors (Lipinski definition) is 2. The lowest BCUT2D eigenvalue weighted by atomic mass is 10.1. The molecule has 0 aliphatic carbocycles. The first kappa shape index (κ1) is 14.9. The Bertz CT molecular complexity index is 320. The number of halogens is 3. The number of hydrogen-bond acceptors (Lipinski definition) is 3. The molecular formula is C10H14F3NO2. The van der Waals surface area contributed by atoms with E-state index in [0.29, 0.717) is 5.56 Å². The van der Waals surface area contributed by atoms with Gasteiger partial charge >= 0.3 is 12.0 Å². The molecule has 0 spiro atoms. The van der Waals surface area contributed by atoms with Crippen molar-refractivity contribution in [3.8, 4) is 0 Å². The SMILES string of the molecule is CC.Cc1ccc(C(O)(O)C(F)(F)F)nc1. The van der Waals surface area contributed by atoms with Crippen molar-refractivity contribution in [2.75, 3.05) is 0 Å². The zero-order valence-electron chi connectivity index (χ0n) is 9.21. The first-order valence-corrected chi connectivity index (χ1v) is 4.70. The normalized spacial score (nSPS) is 11.8. The third kappa shape index (κ3) is 3.18. The number of aryl methyl sites for hydroxylation is 1. The third-order valence-corrected chi connectivity index (χ3v) is 1.66. The maximum atomic E-state index is 12.1. The van der Waals surface area contributed by atoms with Gasteiger partial charge in [-0.05, 0) is 18.6 Å². The maximum Gasteiger partial charge on any atom is 0.449 e. The summed E-state index contributed by atoms with van der Waals surface area (Å²) < 4.78 is 36.2. The lowest BCUT2D eigenvalue weighted by Crippen LogP contribution is -2.42. The molecule has 92 valence electrons. The van der Waals surface area contributed by atoms with Gasteiger partial charge in [-0.25, -0.2) is 0 Å². The van der Waals surface area contributed by atoms with Crippen LogP contribution in [0, 0.1) is 6.92 Å². The molecular weight excluding hydrogens is 223 g/mol. The molecule has 2 N–H and O–H groups in total. The average molecular weight is 237 g/mol. The highest BCUT2D eigenvalue weighted by Gasteiger charge is 2.55. The Morgan fingerprint density at radius 2 is 1.62 bits per heavy atom. The van der Waals surface area contributed by atoms with E-state index in [2.05, 4.69) is 4.98 Å². The molecule has 16 heavy (non-hydrogen) atoms. The topological polar surface area (TPSA) is 53.4 Å². The van der Waals surface area contributed by atoms with Crippen LogP contribution in [0.2, 0.25) is 0 Å². The minimum Gasteiger partial charge on any atom is -0.354 e. The van der Waals surface area contributed by atoms with E-state index in [0.717, 1.165) is 12.3 Å². The van der Waals surface area contributed by atoms with Crippen LogP contribution >= 0.6 is 0 Å². The van der Waals surface area contributed by atoms with Crippen molar-refractivity contribution >= 4 is 0 Å². The van der Waals surface area contributed by atoms with Gasteiger partial charge in [0.2, 0.25) is 0 Å². The lowest BCUT2D eigenvalue weighted by Gasteiger charge is -2.23. The molecule has 1 rings (SSSR count). The summed E-state index contributed by atoms with van der Waals surface area (Å²) in [5.41, 5.74) is -0.206. The van der Waals surface area contributed by atoms with Crippen LogP contribution in [0.5, 0.6) is 0 Å². The number of nitrogens with zero attached hydrogens (tertiary/aromatic N) is 1. The largest absolute Gasteiger partial charge is 0.449 e. The van der Waals surface area contributed by atoms with E-state index in [1.807, 2.05) is 13.8 Å². The Labute approximate surface area is 91.6 Å². The average Bonchev–Trinajstić information content (AvgIpc) is 2.20. The molecule has 1 heterocycles. The molecule has 0 amide bonds. The Balaban J connectivity index is 0.00000106. The minimum absolute atomic E-state index is 0.631. The fourth-order valence-electron chi connectivity index (χ4n) is 0.819. The molecule has 3 nitrogen and oxygen atoms in total. The van der Waals surface area contributed by atoms with Crippen molar-refractivity contribution in [3.63, 3.8) is 0 Å². The molecule has 0 saturated carbocycles. The summed E-state index contributed by atoms with van der Waals surface area (Å²) in [7, 11) is 0. The predicted molar refractivity (Wildman–Crippen MR) is 52.5 cm³/mol. The molecule has 0 radical (unpaired) electrons. The van der Waals surface area contributed by atoms with Crippen LogP contribution in [0.4, 0.5) is 13.2 Å². The summed E-state index contributed by atoms with van der Waals surface area (Å²) in [5, 5.41) is 17.6. The highest BCUT2D eigenvalue weighted by molar-refractivity contribution is 5.16. The van der Waals surface area contributed by atoms with Crippen molar-refractivity contribution in [2.24, 2.45) is 0 Å². The summed E-state index contributed by atoms with van der Waals surface area (Å²) >= 11 is 0. The van der Waals surface area contributed by atoms with Crippen LogP contribution in [-0.2, 0) is 5.79 Å². The van der Waals surface area contributed by atoms with Gasteiger partial charge in [0.1, 0.15) is 5.69 Å². The van der Waals surface area contributed by atoms with E-state index in [9.17, 15) is 13.2 Å². The van der Waals surface area contributed by atoms with Crippen LogP contribution < -0.4 is 0 Å². The van der Waals surface area contributed by atoms with E-state index in [4.69, 9.17) is 10.2 Å². The molecule has 0 unspecified atom stereocenters. The number of aliphatic hydroxyl groups is 2. The van der Waals surface area contributed by atoms with Crippen molar-refractivity contribution in [1.29, 1.82) is 0 Å². The molecule has 0 bridgehead atoms. The Morgan fingerprint density at radius 1 is 1.12 bits per heavy atom. The van der Waals surface area contributed by atoms with Crippen LogP contribution in [-0.4, -0.2) is 21.4 Å². The van der Waals surface area contributed by atoms with Gasteiger partial charge in [-0.1, -0.05) is 19.9 Å². The fraction of sp³-hybridized carbons (Fsp3) is 0.500. The molecule has 0 atom stereocenters. The van der Waals surface area contributed by atoms with Gasteiger partial charge in [0, 0.05) is 6.20 Å². The van der Waals surface area contributed by atoms with Gasteiger partial charge in [-0.2, -0.15) is 13.2 Å². The molecule has 0 saturated heterocycles. The second kappa shape index (κ2) is 5.27. The van der Waals surface area contributed by atoms with Crippen molar-refractivity contribution in [1.82, 2.24) is 4.98 Å². The van der Waals surface area contributed by atoms with Crippen molar-refractivity contribution in [2.45, 2.75) is 32.7 Å². The Morgan fingerprint density at radius 3 is 1.94 bits per heavy atom. The number of pyridine rings is 1. The smallest absolute Gasteiger partial charge is 0.354 e. The predicted octanol–water partition coefficient (Wildman–Crippen LogP) is 2.12. The zero-order chi connectivity index (χ0) is 13.0. The van der Waals surface area contributed by atoms with E-state index in [1.165, 1.54) is 6.07 Å². The van der Waals surface area contributed by atoms with Gasteiger partial charge in [-0.3, -0.25) is 4.98 Å². The van der Waals surface area contributed by atoms with Crippen LogP contribution in [0.1, 0.15) is 25.1 Å². The van der Waals surface area contributed by atoms with Gasteiger partial charge in [0.05, 0.1) is 0 Å². The number of rotatable bonds is 1.